The Labute approximate surface area is 120 Å². The van der Waals surface area contributed by atoms with Crippen molar-refractivity contribution in [3.05, 3.63) is 22.8 Å². The van der Waals surface area contributed by atoms with Crippen LogP contribution in [0.25, 0.3) is 0 Å². The number of nitrogens with zero attached hydrogens (tertiary/aromatic N) is 2. The van der Waals surface area contributed by atoms with Gasteiger partial charge in [0, 0.05) is 24.4 Å². The van der Waals surface area contributed by atoms with Gasteiger partial charge in [0.05, 0.1) is 6.07 Å². The van der Waals surface area contributed by atoms with Crippen LogP contribution in [0.4, 0.5) is 0 Å². The third kappa shape index (κ3) is 2.82. The van der Waals surface area contributed by atoms with Gasteiger partial charge < -0.3 is 10.3 Å². The van der Waals surface area contributed by atoms with Crippen LogP contribution in [0.5, 0.6) is 0 Å². The molecule has 4 nitrogen and oxygen atoms in total. The number of carbonyl (C=O) groups is 1. The summed E-state index contributed by atoms with van der Waals surface area (Å²) >= 11 is 0. The maximum atomic E-state index is 10.9. The fourth-order valence-electron chi connectivity index (χ4n) is 3.09. The zero-order valence-electron chi connectivity index (χ0n) is 12.1. The van der Waals surface area contributed by atoms with Gasteiger partial charge in [0.25, 0.3) is 0 Å². The predicted molar refractivity (Wildman–Crippen MR) is 78.3 cm³/mol. The van der Waals surface area contributed by atoms with Crippen LogP contribution in [-0.4, -0.2) is 30.1 Å². The number of hydrogen-bond donors (Lipinski definition) is 1. The quantitative estimate of drug-likeness (QED) is 0.785. The number of rotatable bonds is 2. The lowest BCUT2D eigenvalue weighted by molar-refractivity contribution is -0.119. The van der Waals surface area contributed by atoms with Gasteiger partial charge in [-0.2, -0.15) is 5.26 Å². The topological polar surface area (TPSA) is 68.0 Å². The molecule has 106 valence electrons. The summed E-state index contributed by atoms with van der Waals surface area (Å²) in [6.07, 6.45) is 7.29. The fraction of sp³-hybridized carbons (Fsp3) is 0.562. The fourth-order valence-corrected chi connectivity index (χ4v) is 3.09. The van der Waals surface area contributed by atoms with E-state index in [4.69, 9.17) is 5.41 Å². The Balaban J connectivity index is 2.31. The summed E-state index contributed by atoms with van der Waals surface area (Å²) < 4.78 is 0. The van der Waals surface area contributed by atoms with Gasteiger partial charge in [0.1, 0.15) is 0 Å². The smallest absolute Gasteiger partial charge is 0.209 e. The molecule has 0 heterocycles. The van der Waals surface area contributed by atoms with Crippen LogP contribution in [0.15, 0.2) is 22.8 Å². The average Bonchev–Trinajstić information content (AvgIpc) is 2.46. The number of nitriles is 1. The highest BCUT2D eigenvalue weighted by Gasteiger charge is 2.26. The molecule has 0 saturated heterocycles. The second-order valence-corrected chi connectivity index (χ2v) is 5.83. The second-order valence-electron chi connectivity index (χ2n) is 5.83. The van der Waals surface area contributed by atoms with E-state index in [0.717, 1.165) is 43.2 Å². The zero-order chi connectivity index (χ0) is 14.7. The van der Waals surface area contributed by atoms with Gasteiger partial charge in [0.2, 0.25) is 6.41 Å². The van der Waals surface area contributed by atoms with Crippen LogP contribution < -0.4 is 0 Å². The van der Waals surface area contributed by atoms with E-state index in [1.165, 1.54) is 5.57 Å². The first kappa shape index (κ1) is 14.5. The van der Waals surface area contributed by atoms with Gasteiger partial charge in [-0.05, 0) is 49.7 Å². The Hall–Kier alpha value is -1.89. The number of carbonyl (C=O) groups excluding carboxylic acids is 1. The van der Waals surface area contributed by atoms with Gasteiger partial charge in [-0.3, -0.25) is 4.79 Å². The summed E-state index contributed by atoms with van der Waals surface area (Å²) in [4.78, 5) is 12.6. The van der Waals surface area contributed by atoms with Crippen molar-refractivity contribution in [3.8, 4) is 6.07 Å². The molecule has 1 saturated carbocycles. The summed E-state index contributed by atoms with van der Waals surface area (Å²) in [5.74, 6) is 0.147. The monoisotopic (exact) mass is 271 g/mol. The lowest BCUT2D eigenvalue weighted by Gasteiger charge is -2.32. The van der Waals surface area contributed by atoms with Crippen molar-refractivity contribution >= 4 is 12.1 Å². The van der Waals surface area contributed by atoms with E-state index >= 15 is 0 Å². The molecular weight excluding hydrogens is 250 g/mol. The third-order valence-electron chi connectivity index (χ3n) is 4.42. The number of allylic oxidation sites excluding steroid dienone is 3. The first-order valence-corrected chi connectivity index (χ1v) is 7.15. The van der Waals surface area contributed by atoms with Crippen molar-refractivity contribution in [2.24, 2.45) is 5.92 Å². The molecule has 1 fully saturated rings. The maximum Gasteiger partial charge on any atom is 0.209 e. The van der Waals surface area contributed by atoms with Crippen molar-refractivity contribution in [2.75, 3.05) is 7.05 Å². The molecule has 2 atom stereocenters. The standard InChI is InChI=1S/C16H21N3O/c1-11-6-16(18)15(8-13(11)9-17)12-4-3-5-14(7-12)19(2)10-20/h8,10-11,14,18H,3-7H2,1-2H3/b15-12+,18-16?. The van der Waals surface area contributed by atoms with Gasteiger partial charge in [-0.25, -0.2) is 0 Å². The molecule has 20 heavy (non-hydrogen) atoms. The van der Waals surface area contributed by atoms with Crippen molar-refractivity contribution in [1.82, 2.24) is 4.90 Å². The minimum atomic E-state index is 0.147. The lowest BCUT2D eigenvalue weighted by Crippen LogP contribution is -2.33. The molecule has 2 aliphatic carbocycles. The highest BCUT2D eigenvalue weighted by molar-refractivity contribution is 6.02. The SMILES string of the molecule is CC1CC(=N)/C(=C2\CCCC(N(C)C=O)C2)C=C1C#N. The molecule has 1 N–H and O–H groups in total. The van der Waals surface area contributed by atoms with E-state index < -0.39 is 0 Å². The number of hydrogen-bond acceptors (Lipinski definition) is 3. The minimum absolute atomic E-state index is 0.147. The molecule has 0 aromatic heterocycles. The summed E-state index contributed by atoms with van der Waals surface area (Å²) in [6, 6.07) is 2.48. The van der Waals surface area contributed by atoms with Crippen LogP contribution >= 0.6 is 0 Å². The molecule has 0 aliphatic heterocycles. The van der Waals surface area contributed by atoms with Crippen LogP contribution in [-0.2, 0) is 4.79 Å². The van der Waals surface area contributed by atoms with Crippen molar-refractivity contribution < 1.29 is 4.79 Å². The first-order valence-electron chi connectivity index (χ1n) is 7.15. The van der Waals surface area contributed by atoms with Gasteiger partial charge in [-0.15, -0.1) is 0 Å². The Morgan fingerprint density at radius 3 is 2.90 bits per heavy atom. The Morgan fingerprint density at radius 1 is 1.50 bits per heavy atom. The van der Waals surface area contributed by atoms with E-state index in [0.29, 0.717) is 12.1 Å². The number of amides is 1. The van der Waals surface area contributed by atoms with Crippen molar-refractivity contribution in [2.45, 2.75) is 45.1 Å². The summed E-state index contributed by atoms with van der Waals surface area (Å²) in [5, 5.41) is 17.4. The first-order chi connectivity index (χ1) is 9.56. The highest BCUT2D eigenvalue weighted by atomic mass is 16.1. The largest absolute Gasteiger partial charge is 0.345 e. The molecule has 2 rings (SSSR count). The molecular formula is C16H21N3O. The second kappa shape index (κ2) is 6.04. The van der Waals surface area contributed by atoms with Gasteiger partial charge in [-0.1, -0.05) is 12.5 Å². The van der Waals surface area contributed by atoms with Crippen LogP contribution in [0, 0.1) is 22.7 Å². The normalized spacial score (nSPS) is 30.4. The molecule has 0 bridgehead atoms. The zero-order valence-corrected chi connectivity index (χ0v) is 12.1. The molecule has 1 amide bonds. The third-order valence-corrected chi connectivity index (χ3v) is 4.42. The minimum Gasteiger partial charge on any atom is -0.345 e. The van der Waals surface area contributed by atoms with Crippen molar-refractivity contribution in [3.63, 3.8) is 0 Å². The summed E-state index contributed by atoms with van der Waals surface area (Å²) in [6.45, 7) is 1.99. The van der Waals surface area contributed by atoms with E-state index in [9.17, 15) is 10.1 Å². The molecule has 0 aromatic carbocycles. The Bertz CT molecular complexity index is 524. The van der Waals surface area contributed by atoms with E-state index in [1.807, 2.05) is 20.0 Å². The molecule has 0 radical (unpaired) electrons. The van der Waals surface area contributed by atoms with Gasteiger partial charge in [0.15, 0.2) is 0 Å². The van der Waals surface area contributed by atoms with E-state index in [1.54, 1.807) is 4.90 Å². The summed E-state index contributed by atoms with van der Waals surface area (Å²) in [7, 11) is 1.82. The summed E-state index contributed by atoms with van der Waals surface area (Å²) in [5.41, 5.74) is 3.60. The number of nitrogens with one attached hydrogen (secondary N) is 1. The van der Waals surface area contributed by atoms with Gasteiger partial charge >= 0.3 is 0 Å². The molecule has 0 spiro atoms. The molecule has 2 aliphatic rings. The van der Waals surface area contributed by atoms with Crippen LogP contribution in [0.2, 0.25) is 0 Å². The van der Waals surface area contributed by atoms with E-state index in [2.05, 4.69) is 6.07 Å². The lowest BCUT2D eigenvalue weighted by atomic mass is 9.79. The average molecular weight is 271 g/mol. The maximum absolute atomic E-state index is 10.9. The van der Waals surface area contributed by atoms with Crippen LogP contribution in [0.1, 0.15) is 39.0 Å². The Kier molecular flexibility index (Phi) is 4.39. The highest BCUT2D eigenvalue weighted by Crippen LogP contribution is 2.34. The van der Waals surface area contributed by atoms with Crippen molar-refractivity contribution in [1.29, 1.82) is 10.7 Å². The van der Waals surface area contributed by atoms with E-state index in [-0.39, 0.29) is 12.0 Å². The Morgan fingerprint density at radius 2 is 2.25 bits per heavy atom. The van der Waals surface area contributed by atoms with Crippen LogP contribution in [0.3, 0.4) is 0 Å². The molecule has 0 aromatic rings. The molecule has 2 unspecified atom stereocenters. The predicted octanol–water partition coefficient (Wildman–Crippen LogP) is 2.82. The molecule has 4 heteroatoms.